The second kappa shape index (κ2) is 3.32. The predicted octanol–water partition coefficient (Wildman–Crippen LogP) is 2.38. The van der Waals surface area contributed by atoms with E-state index in [-0.39, 0.29) is 0 Å². The Morgan fingerprint density at radius 1 is 1.55 bits per heavy atom. The number of rotatable bonds is 1. The van der Waals surface area contributed by atoms with Crippen molar-refractivity contribution in [2.45, 2.75) is 25.4 Å². The van der Waals surface area contributed by atoms with E-state index in [2.05, 4.69) is 4.98 Å². The molecular formula is C8H11NOS. The van der Waals surface area contributed by atoms with Crippen molar-refractivity contribution in [3.8, 4) is 0 Å². The lowest BCUT2D eigenvalue weighted by Crippen LogP contribution is -2.10. The second-order valence-electron chi connectivity index (χ2n) is 2.73. The van der Waals surface area contributed by atoms with Gasteiger partial charge in [-0.2, -0.15) is 0 Å². The fraction of sp³-hybridized carbons (Fsp3) is 0.625. The molecule has 2 rings (SSSR count). The van der Waals surface area contributed by atoms with E-state index in [9.17, 15) is 0 Å². The van der Waals surface area contributed by atoms with Gasteiger partial charge >= 0.3 is 0 Å². The van der Waals surface area contributed by atoms with Crippen molar-refractivity contribution in [1.82, 2.24) is 4.98 Å². The summed E-state index contributed by atoms with van der Waals surface area (Å²) in [6.07, 6.45) is 5.78. The molecule has 2 heterocycles. The van der Waals surface area contributed by atoms with E-state index in [0.717, 1.165) is 18.0 Å². The number of thiazole rings is 1. The summed E-state index contributed by atoms with van der Waals surface area (Å²) in [6, 6.07) is 0. The van der Waals surface area contributed by atoms with E-state index in [1.165, 1.54) is 12.8 Å². The van der Waals surface area contributed by atoms with Crippen molar-refractivity contribution >= 4 is 11.3 Å². The Balaban J connectivity index is 2.04. The van der Waals surface area contributed by atoms with Crippen molar-refractivity contribution in [2.75, 3.05) is 6.61 Å². The molecular weight excluding hydrogens is 158 g/mol. The summed E-state index contributed by atoms with van der Waals surface area (Å²) >= 11 is 1.69. The van der Waals surface area contributed by atoms with Crippen LogP contribution in [0, 0.1) is 0 Å². The molecule has 1 fully saturated rings. The molecule has 1 aliphatic heterocycles. The molecule has 0 radical (unpaired) electrons. The molecule has 0 aromatic carbocycles. The van der Waals surface area contributed by atoms with E-state index < -0.39 is 0 Å². The molecule has 60 valence electrons. The van der Waals surface area contributed by atoms with Crippen LogP contribution in [0.5, 0.6) is 0 Å². The molecule has 1 aliphatic rings. The van der Waals surface area contributed by atoms with E-state index in [1.54, 1.807) is 11.3 Å². The SMILES string of the molecule is c1csc(C2CCCCO2)n1. The van der Waals surface area contributed by atoms with E-state index in [4.69, 9.17) is 4.74 Å². The maximum atomic E-state index is 5.57. The summed E-state index contributed by atoms with van der Waals surface area (Å²) in [5, 5.41) is 3.15. The molecule has 0 saturated carbocycles. The van der Waals surface area contributed by atoms with Crippen LogP contribution < -0.4 is 0 Å². The fourth-order valence-electron chi connectivity index (χ4n) is 1.33. The van der Waals surface area contributed by atoms with Crippen molar-refractivity contribution < 1.29 is 4.74 Å². The highest BCUT2D eigenvalue weighted by atomic mass is 32.1. The Labute approximate surface area is 70.2 Å². The number of ether oxygens (including phenoxy) is 1. The molecule has 1 saturated heterocycles. The van der Waals surface area contributed by atoms with E-state index >= 15 is 0 Å². The van der Waals surface area contributed by atoms with Crippen molar-refractivity contribution in [1.29, 1.82) is 0 Å². The summed E-state index contributed by atoms with van der Waals surface area (Å²) in [5.41, 5.74) is 0. The average molecular weight is 169 g/mol. The average Bonchev–Trinajstić information content (AvgIpc) is 2.58. The molecule has 0 aliphatic carbocycles. The maximum Gasteiger partial charge on any atom is 0.121 e. The molecule has 1 aromatic rings. The van der Waals surface area contributed by atoms with Crippen LogP contribution >= 0.6 is 11.3 Å². The number of hydrogen-bond donors (Lipinski definition) is 0. The van der Waals surface area contributed by atoms with Crippen LogP contribution in [-0.2, 0) is 4.74 Å². The minimum atomic E-state index is 0.295. The molecule has 0 bridgehead atoms. The van der Waals surface area contributed by atoms with Gasteiger partial charge in [-0.05, 0) is 19.3 Å². The van der Waals surface area contributed by atoms with Gasteiger partial charge in [-0.3, -0.25) is 0 Å². The van der Waals surface area contributed by atoms with Crippen LogP contribution in [0.4, 0.5) is 0 Å². The highest BCUT2D eigenvalue weighted by Gasteiger charge is 2.17. The Morgan fingerprint density at radius 2 is 2.55 bits per heavy atom. The molecule has 1 aromatic heterocycles. The first-order valence-electron chi connectivity index (χ1n) is 3.98. The van der Waals surface area contributed by atoms with Crippen LogP contribution in [0.25, 0.3) is 0 Å². The Hall–Kier alpha value is -0.410. The summed E-state index contributed by atoms with van der Waals surface area (Å²) in [7, 11) is 0. The number of aromatic nitrogens is 1. The zero-order valence-corrected chi connectivity index (χ0v) is 7.14. The minimum Gasteiger partial charge on any atom is -0.371 e. The monoisotopic (exact) mass is 169 g/mol. The van der Waals surface area contributed by atoms with Crippen LogP contribution in [-0.4, -0.2) is 11.6 Å². The molecule has 2 nitrogen and oxygen atoms in total. The third-order valence-electron chi connectivity index (χ3n) is 1.91. The zero-order chi connectivity index (χ0) is 7.52. The third-order valence-corrected chi connectivity index (χ3v) is 2.77. The number of nitrogens with zero attached hydrogens (tertiary/aromatic N) is 1. The Kier molecular flexibility index (Phi) is 2.19. The third kappa shape index (κ3) is 1.60. The summed E-state index contributed by atoms with van der Waals surface area (Å²) < 4.78 is 5.57. The second-order valence-corrected chi connectivity index (χ2v) is 3.65. The smallest absolute Gasteiger partial charge is 0.121 e. The highest BCUT2D eigenvalue weighted by Crippen LogP contribution is 2.28. The van der Waals surface area contributed by atoms with Gasteiger partial charge in [-0.15, -0.1) is 11.3 Å². The van der Waals surface area contributed by atoms with Gasteiger partial charge in [-0.1, -0.05) is 0 Å². The van der Waals surface area contributed by atoms with Gasteiger partial charge in [0.15, 0.2) is 0 Å². The Morgan fingerprint density at radius 3 is 3.18 bits per heavy atom. The standard InChI is InChI=1S/C8H11NOS/c1-2-5-10-7(3-1)8-9-4-6-11-8/h4,6-7H,1-3,5H2. The van der Waals surface area contributed by atoms with Gasteiger partial charge in [0.25, 0.3) is 0 Å². The molecule has 0 N–H and O–H groups in total. The molecule has 11 heavy (non-hydrogen) atoms. The van der Waals surface area contributed by atoms with Crippen molar-refractivity contribution in [3.05, 3.63) is 16.6 Å². The van der Waals surface area contributed by atoms with Gasteiger partial charge in [0.2, 0.25) is 0 Å². The van der Waals surface area contributed by atoms with Gasteiger partial charge in [-0.25, -0.2) is 4.98 Å². The van der Waals surface area contributed by atoms with Crippen LogP contribution in [0.1, 0.15) is 30.4 Å². The predicted molar refractivity (Wildman–Crippen MR) is 44.7 cm³/mol. The lowest BCUT2D eigenvalue weighted by molar-refractivity contribution is 0.0148. The first kappa shape index (κ1) is 7.25. The van der Waals surface area contributed by atoms with Gasteiger partial charge < -0.3 is 4.74 Å². The molecule has 1 unspecified atom stereocenters. The minimum absolute atomic E-state index is 0.295. The molecule has 0 amide bonds. The van der Waals surface area contributed by atoms with E-state index in [1.807, 2.05) is 11.6 Å². The topological polar surface area (TPSA) is 22.1 Å². The van der Waals surface area contributed by atoms with Gasteiger partial charge in [0, 0.05) is 18.2 Å². The maximum absolute atomic E-state index is 5.57. The van der Waals surface area contributed by atoms with Crippen molar-refractivity contribution in [2.24, 2.45) is 0 Å². The fourth-order valence-corrected chi connectivity index (χ4v) is 2.05. The summed E-state index contributed by atoms with van der Waals surface area (Å²) in [5.74, 6) is 0. The van der Waals surface area contributed by atoms with Gasteiger partial charge in [0.05, 0.1) is 0 Å². The van der Waals surface area contributed by atoms with Crippen molar-refractivity contribution in [3.63, 3.8) is 0 Å². The van der Waals surface area contributed by atoms with Crippen LogP contribution in [0.2, 0.25) is 0 Å². The first-order chi connectivity index (χ1) is 5.47. The lowest BCUT2D eigenvalue weighted by atomic mass is 10.1. The normalized spacial score (nSPS) is 25.3. The quantitative estimate of drug-likeness (QED) is 0.644. The Bertz CT molecular complexity index is 204. The largest absolute Gasteiger partial charge is 0.371 e. The summed E-state index contributed by atoms with van der Waals surface area (Å²) in [6.45, 7) is 0.907. The lowest BCUT2D eigenvalue weighted by Gasteiger charge is -2.20. The summed E-state index contributed by atoms with van der Waals surface area (Å²) in [4.78, 5) is 4.23. The first-order valence-corrected chi connectivity index (χ1v) is 4.86. The van der Waals surface area contributed by atoms with Crippen LogP contribution in [0.15, 0.2) is 11.6 Å². The zero-order valence-electron chi connectivity index (χ0n) is 6.32. The molecule has 3 heteroatoms. The number of hydrogen-bond acceptors (Lipinski definition) is 3. The van der Waals surface area contributed by atoms with Crippen LogP contribution in [0.3, 0.4) is 0 Å². The van der Waals surface area contributed by atoms with E-state index in [0.29, 0.717) is 6.10 Å². The highest BCUT2D eigenvalue weighted by molar-refractivity contribution is 7.09. The molecule has 0 spiro atoms. The van der Waals surface area contributed by atoms with Gasteiger partial charge in [0.1, 0.15) is 11.1 Å². The molecule has 1 atom stereocenters.